The summed E-state index contributed by atoms with van der Waals surface area (Å²) in [6, 6.07) is 9.15. The van der Waals surface area contributed by atoms with Gasteiger partial charge in [-0.2, -0.15) is 0 Å². The number of hydrogen-bond acceptors (Lipinski definition) is 0. The SMILES string of the molecule is C=C(c1ccc(C2CCCCC2)cc1)C(C)C. The summed E-state index contributed by atoms with van der Waals surface area (Å²) < 4.78 is 0. The van der Waals surface area contributed by atoms with Gasteiger partial charge in [-0.05, 0) is 41.4 Å². The van der Waals surface area contributed by atoms with E-state index in [0.29, 0.717) is 5.92 Å². The second-order valence-corrected chi connectivity index (χ2v) is 5.64. The average molecular weight is 228 g/mol. The highest BCUT2D eigenvalue weighted by Crippen LogP contribution is 2.33. The van der Waals surface area contributed by atoms with Crippen molar-refractivity contribution in [1.29, 1.82) is 0 Å². The number of hydrogen-bond donors (Lipinski definition) is 0. The normalized spacial score (nSPS) is 17.4. The van der Waals surface area contributed by atoms with Crippen LogP contribution in [0.3, 0.4) is 0 Å². The van der Waals surface area contributed by atoms with Gasteiger partial charge < -0.3 is 0 Å². The summed E-state index contributed by atoms with van der Waals surface area (Å²) in [5.74, 6) is 1.35. The molecule has 0 nitrogen and oxygen atoms in total. The third kappa shape index (κ3) is 3.00. The Labute approximate surface area is 106 Å². The van der Waals surface area contributed by atoms with E-state index in [4.69, 9.17) is 0 Å². The van der Waals surface area contributed by atoms with Gasteiger partial charge in [0.1, 0.15) is 0 Å². The molecule has 0 radical (unpaired) electrons. The fourth-order valence-corrected chi connectivity index (χ4v) is 2.74. The Hall–Kier alpha value is -1.04. The summed E-state index contributed by atoms with van der Waals surface area (Å²) >= 11 is 0. The maximum absolute atomic E-state index is 4.17. The van der Waals surface area contributed by atoms with Crippen molar-refractivity contribution in [1.82, 2.24) is 0 Å². The van der Waals surface area contributed by atoms with E-state index < -0.39 is 0 Å². The van der Waals surface area contributed by atoms with Crippen molar-refractivity contribution in [3.63, 3.8) is 0 Å². The molecule has 0 N–H and O–H groups in total. The van der Waals surface area contributed by atoms with Crippen molar-refractivity contribution in [2.75, 3.05) is 0 Å². The molecule has 17 heavy (non-hydrogen) atoms. The van der Waals surface area contributed by atoms with Crippen LogP contribution in [-0.4, -0.2) is 0 Å². The van der Waals surface area contributed by atoms with Crippen LogP contribution in [0.25, 0.3) is 5.57 Å². The van der Waals surface area contributed by atoms with Gasteiger partial charge in [0.15, 0.2) is 0 Å². The molecule has 1 fully saturated rings. The second-order valence-electron chi connectivity index (χ2n) is 5.64. The van der Waals surface area contributed by atoms with Gasteiger partial charge in [-0.3, -0.25) is 0 Å². The second kappa shape index (κ2) is 5.53. The molecule has 0 aromatic heterocycles. The third-order valence-electron chi connectivity index (χ3n) is 4.05. The fourth-order valence-electron chi connectivity index (χ4n) is 2.74. The predicted octanol–water partition coefficient (Wildman–Crippen LogP) is 5.40. The Bertz CT molecular complexity index is 364. The molecule has 0 heteroatoms. The molecule has 1 saturated carbocycles. The zero-order valence-corrected chi connectivity index (χ0v) is 11.2. The van der Waals surface area contributed by atoms with Crippen LogP contribution in [0.5, 0.6) is 0 Å². The zero-order valence-electron chi connectivity index (χ0n) is 11.2. The van der Waals surface area contributed by atoms with Crippen molar-refractivity contribution in [2.24, 2.45) is 5.92 Å². The lowest BCUT2D eigenvalue weighted by Gasteiger charge is -2.22. The van der Waals surface area contributed by atoms with Crippen LogP contribution >= 0.6 is 0 Å². The highest BCUT2D eigenvalue weighted by Gasteiger charge is 2.15. The van der Waals surface area contributed by atoms with Crippen molar-refractivity contribution in [3.05, 3.63) is 42.0 Å². The van der Waals surface area contributed by atoms with E-state index in [1.54, 1.807) is 0 Å². The van der Waals surface area contributed by atoms with Crippen LogP contribution in [0.2, 0.25) is 0 Å². The molecule has 0 unspecified atom stereocenters. The largest absolute Gasteiger partial charge is 0.0950 e. The van der Waals surface area contributed by atoms with Crippen molar-refractivity contribution < 1.29 is 0 Å². The first-order chi connectivity index (χ1) is 8.18. The molecule has 2 rings (SSSR count). The van der Waals surface area contributed by atoms with Gasteiger partial charge in [-0.15, -0.1) is 0 Å². The molecule has 0 aliphatic heterocycles. The molecule has 92 valence electrons. The molecule has 0 heterocycles. The summed E-state index contributed by atoms with van der Waals surface area (Å²) in [6.45, 7) is 8.58. The van der Waals surface area contributed by atoms with Gasteiger partial charge in [0.2, 0.25) is 0 Å². The molecule has 0 bridgehead atoms. The summed E-state index contributed by atoms with van der Waals surface area (Å²) in [5, 5.41) is 0. The van der Waals surface area contributed by atoms with Gasteiger partial charge in [0.05, 0.1) is 0 Å². The summed E-state index contributed by atoms with van der Waals surface area (Å²) in [7, 11) is 0. The quantitative estimate of drug-likeness (QED) is 0.649. The molecule has 1 aromatic carbocycles. The Morgan fingerprint density at radius 3 is 2.18 bits per heavy atom. The molecule has 0 atom stereocenters. The molecular formula is C17H24. The third-order valence-corrected chi connectivity index (χ3v) is 4.05. The number of allylic oxidation sites excluding steroid dienone is 1. The van der Waals surface area contributed by atoms with Crippen LogP contribution in [0.1, 0.15) is 63.0 Å². The smallest absolute Gasteiger partial charge is 0.0162 e. The fraction of sp³-hybridized carbons (Fsp3) is 0.529. The van der Waals surface area contributed by atoms with Gasteiger partial charge in [0.25, 0.3) is 0 Å². The van der Waals surface area contributed by atoms with E-state index in [2.05, 4.69) is 44.7 Å². The zero-order chi connectivity index (χ0) is 12.3. The number of rotatable bonds is 3. The van der Waals surface area contributed by atoms with Gasteiger partial charge in [-0.1, -0.05) is 64.0 Å². The molecule has 1 aliphatic rings. The Morgan fingerprint density at radius 1 is 1.06 bits per heavy atom. The first-order valence-corrected chi connectivity index (χ1v) is 6.97. The van der Waals surface area contributed by atoms with Gasteiger partial charge >= 0.3 is 0 Å². The maximum atomic E-state index is 4.17. The monoisotopic (exact) mass is 228 g/mol. The summed E-state index contributed by atoms with van der Waals surface area (Å²) in [5.41, 5.74) is 4.09. The van der Waals surface area contributed by atoms with Gasteiger partial charge in [-0.25, -0.2) is 0 Å². The van der Waals surface area contributed by atoms with Crippen LogP contribution in [0.4, 0.5) is 0 Å². The van der Waals surface area contributed by atoms with Gasteiger partial charge in [0, 0.05) is 0 Å². The topological polar surface area (TPSA) is 0 Å². The van der Waals surface area contributed by atoms with E-state index in [1.807, 2.05) is 0 Å². The Kier molecular flexibility index (Phi) is 4.04. The highest BCUT2D eigenvalue weighted by atomic mass is 14.2. The molecular weight excluding hydrogens is 204 g/mol. The van der Waals surface area contributed by atoms with E-state index in [0.717, 1.165) is 5.92 Å². The Morgan fingerprint density at radius 2 is 1.65 bits per heavy atom. The standard InChI is InChI=1S/C17H24/c1-13(2)14(3)15-9-11-17(12-10-15)16-7-5-4-6-8-16/h9-13,16H,3-8H2,1-2H3. The average Bonchev–Trinajstić information content (AvgIpc) is 2.39. The first kappa shape index (κ1) is 12.4. The molecule has 1 aliphatic carbocycles. The number of benzene rings is 1. The summed E-state index contributed by atoms with van der Waals surface area (Å²) in [6.07, 6.45) is 7.00. The highest BCUT2D eigenvalue weighted by molar-refractivity contribution is 5.64. The Balaban J connectivity index is 2.09. The van der Waals surface area contributed by atoms with Crippen LogP contribution < -0.4 is 0 Å². The lowest BCUT2D eigenvalue weighted by molar-refractivity contribution is 0.443. The van der Waals surface area contributed by atoms with Crippen molar-refractivity contribution in [3.8, 4) is 0 Å². The van der Waals surface area contributed by atoms with Crippen molar-refractivity contribution in [2.45, 2.75) is 51.9 Å². The summed E-state index contributed by atoms with van der Waals surface area (Å²) in [4.78, 5) is 0. The minimum atomic E-state index is 0.538. The predicted molar refractivity (Wildman–Crippen MR) is 76.1 cm³/mol. The van der Waals surface area contributed by atoms with Crippen LogP contribution in [-0.2, 0) is 0 Å². The lowest BCUT2D eigenvalue weighted by Crippen LogP contribution is -2.04. The molecule has 0 amide bonds. The van der Waals surface area contributed by atoms with Crippen LogP contribution in [0.15, 0.2) is 30.8 Å². The van der Waals surface area contributed by atoms with E-state index >= 15 is 0 Å². The minimum Gasteiger partial charge on any atom is -0.0950 e. The minimum absolute atomic E-state index is 0.538. The first-order valence-electron chi connectivity index (χ1n) is 6.97. The van der Waals surface area contributed by atoms with Crippen LogP contribution in [0, 0.1) is 5.92 Å². The maximum Gasteiger partial charge on any atom is -0.0162 e. The molecule has 0 saturated heterocycles. The lowest BCUT2D eigenvalue weighted by atomic mass is 9.83. The molecule has 1 aromatic rings. The molecule has 0 spiro atoms. The van der Waals surface area contributed by atoms with E-state index in [-0.39, 0.29) is 0 Å². The van der Waals surface area contributed by atoms with E-state index in [9.17, 15) is 0 Å². The van der Waals surface area contributed by atoms with Crippen molar-refractivity contribution >= 4 is 5.57 Å². The van der Waals surface area contributed by atoms with E-state index in [1.165, 1.54) is 48.8 Å².